The molecule has 2 aromatic carbocycles. The Hall–Kier alpha value is -2.13. The summed E-state index contributed by atoms with van der Waals surface area (Å²) in [6, 6.07) is 14.4. The van der Waals surface area contributed by atoms with Gasteiger partial charge in [0.1, 0.15) is 5.82 Å². The fraction of sp³-hybridized carbons (Fsp3) is 0.235. The molecule has 20 heavy (non-hydrogen) atoms. The molecule has 0 spiro atoms. The van der Waals surface area contributed by atoms with Crippen LogP contribution in [0.25, 0.3) is 10.8 Å². The smallest absolute Gasteiger partial charge is 0.130 e. The van der Waals surface area contributed by atoms with E-state index in [4.69, 9.17) is 5.73 Å². The van der Waals surface area contributed by atoms with Crippen LogP contribution in [0.3, 0.4) is 0 Å². The number of imidazole rings is 1. The summed E-state index contributed by atoms with van der Waals surface area (Å²) in [5, 5.41) is 2.42. The lowest BCUT2D eigenvalue weighted by Crippen LogP contribution is -2.18. The number of nitrogens with two attached hydrogens (primary N) is 1. The Morgan fingerprint density at radius 3 is 2.80 bits per heavy atom. The summed E-state index contributed by atoms with van der Waals surface area (Å²) in [4.78, 5) is 4.46. The molecule has 0 amide bonds. The third kappa shape index (κ3) is 2.21. The molecule has 1 aromatic heterocycles. The topological polar surface area (TPSA) is 43.8 Å². The van der Waals surface area contributed by atoms with Crippen molar-refractivity contribution in [3.63, 3.8) is 0 Å². The number of aryl methyl sites for hydroxylation is 1. The van der Waals surface area contributed by atoms with Crippen molar-refractivity contribution in [1.29, 1.82) is 0 Å². The van der Waals surface area contributed by atoms with Gasteiger partial charge in [0.05, 0.1) is 6.04 Å². The van der Waals surface area contributed by atoms with E-state index >= 15 is 0 Å². The molecule has 2 N–H and O–H groups in total. The van der Waals surface area contributed by atoms with E-state index < -0.39 is 0 Å². The van der Waals surface area contributed by atoms with Crippen molar-refractivity contribution in [2.75, 3.05) is 0 Å². The number of nitrogens with zero attached hydrogens (tertiary/aromatic N) is 2. The Morgan fingerprint density at radius 2 is 1.95 bits per heavy atom. The van der Waals surface area contributed by atoms with E-state index in [-0.39, 0.29) is 6.04 Å². The first-order chi connectivity index (χ1) is 9.81. The number of aromatic nitrogens is 2. The van der Waals surface area contributed by atoms with Crippen molar-refractivity contribution < 1.29 is 0 Å². The average Bonchev–Trinajstić information content (AvgIpc) is 2.94. The van der Waals surface area contributed by atoms with Crippen molar-refractivity contribution in [3.8, 4) is 0 Å². The van der Waals surface area contributed by atoms with Gasteiger partial charge in [-0.3, -0.25) is 0 Å². The maximum absolute atomic E-state index is 6.47. The second-order valence-corrected chi connectivity index (χ2v) is 5.02. The lowest BCUT2D eigenvalue weighted by Gasteiger charge is -2.16. The first kappa shape index (κ1) is 12.9. The van der Waals surface area contributed by atoms with Crippen LogP contribution in [-0.2, 0) is 6.54 Å². The highest BCUT2D eigenvalue weighted by Gasteiger charge is 2.16. The minimum atomic E-state index is -0.192. The van der Waals surface area contributed by atoms with Gasteiger partial charge in [0.2, 0.25) is 0 Å². The van der Waals surface area contributed by atoms with E-state index in [0.29, 0.717) is 0 Å². The minimum absolute atomic E-state index is 0.192. The van der Waals surface area contributed by atoms with E-state index in [2.05, 4.69) is 58.9 Å². The quantitative estimate of drug-likeness (QED) is 0.784. The van der Waals surface area contributed by atoms with Gasteiger partial charge >= 0.3 is 0 Å². The Labute approximate surface area is 119 Å². The molecule has 0 fully saturated rings. The van der Waals surface area contributed by atoms with E-state index in [1.54, 1.807) is 0 Å². The molecule has 1 heterocycles. The van der Waals surface area contributed by atoms with Gasteiger partial charge < -0.3 is 10.3 Å². The van der Waals surface area contributed by atoms with Crippen LogP contribution in [0.15, 0.2) is 54.9 Å². The first-order valence-corrected chi connectivity index (χ1v) is 7.05. The number of hydrogen-bond donors (Lipinski definition) is 1. The molecule has 0 aliphatic carbocycles. The van der Waals surface area contributed by atoms with Crippen LogP contribution >= 0.6 is 0 Å². The van der Waals surface area contributed by atoms with Crippen LogP contribution in [0.5, 0.6) is 0 Å². The number of fused-ring (bicyclic) bond motifs is 1. The molecule has 0 aliphatic rings. The van der Waals surface area contributed by atoms with Gasteiger partial charge in [0.25, 0.3) is 0 Å². The highest BCUT2D eigenvalue weighted by molar-refractivity contribution is 5.86. The number of rotatable bonds is 4. The lowest BCUT2D eigenvalue weighted by molar-refractivity contribution is 0.614. The molecule has 0 aliphatic heterocycles. The number of benzene rings is 2. The molecule has 3 aromatic rings. The van der Waals surface area contributed by atoms with Gasteiger partial charge in [-0.2, -0.15) is 0 Å². The van der Waals surface area contributed by atoms with Gasteiger partial charge in [-0.25, -0.2) is 4.98 Å². The van der Waals surface area contributed by atoms with Crippen LogP contribution in [0.4, 0.5) is 0 Å². The Morgan fingerprint density at radius 1 is 1.15 bits per heavy atom. The highest BCUT2D eigenvalue weighted by Crippen LogP contribution is 2.26. The molecular formula is C17H19N3. The minimum Gasteiger partial charge on any atom is -0.333 e. The fourth-order valence-electron chi connectivity index (χ4n) is 2.69. The van der Waals surface area contributed by atoms with Crippen molar-refractivity contribution >= 4 is 10.8 Å². The Kier molecular flexibility index (Phi) is 3.52. The van der Waals surface area contributed by atoms with Crippen LogP contribution in [0.2, 0.25) is 0 Å². The second kappa shape index (κ2) is 5.47. The molecule has 3 rings (SSSR count). The predicted molar refractivity (Wildman–Crippen MR) is 82.5 cm³/mol. The fourth-order valence-corrected chi connectivity index (χ4v) is 2.69. The first-order valence-electron chi connectivity index (χ1n) is 7.05. The zero-order valence-electron chi connectivity index (χ0n) is 11.7. The van der Waals surface area contributed by atoms with E-state index in [1.165, 1.54) is 10.8 Å². The van der Waals surface area contributed by atoms with E-state index in [1.807, 2.05) is 12.4 Å². The summed E-state index contributed by atoms with van der Waals surface area (Å²) in [5.41, 5.74) is 7.61. The van der Waals surface area contributed by atoms with E-state index in [0.717, 1.165) is 24.4 Å². The van der Waals surface area contributed by atoms with Crippen molar-refractivity contribution in [2.45, 2.75) is 25.9 Å². The average molecular weight is 265 g/mol. The van der Waals surface area contributed by atoms with Gasteiger partial charge in [0, 0.05) is 18.9 Å². The molecule has 0 bridgehead atoms. The molecule has 3 heteroatoms. The van der Waals surface area contributed by atoms with Crippen LogP contribution in [0.1, 0.15) is 30.8 Å². The maximum atomic E-state index is 6.47. The summed E-state index contributed by atoms with van der Waals surface area (Å²) >= 11 is 0. The maximum Gasteiger partial charge on any atom is 0.130 e. The van der Waals surface area contributed by atoms with E-state index in [9.17, 15) is 0 Å². The normalized spacial score (nSPS) is 12.7. The van der Waals surface area contributed by atoms with Gasteiger partial charge in [-0.15, -0.1) is 0 Å². The van der Waals surface area contributed by atoms with Gasteiger partial charge in [-0.1, -0.05) is 49.4 Å². The Balaban J connectivity index is 2.08. The molecule has 1 unspecified atom stereocenters. The SMILES string of the molecule is CCCn1ccnc1C(N)c1cccc2ccccc12. The van der Waals surface area contributed by atoms with Crippen LogP contribution < -0.4 is 5.73 Å². The van der Waals surface area contributed by atoms with Crippen molar-refractivity contribution in [3.05, 3.63) is 66.2 Å². The van der Waals surface area contributed by atoms with Crippen molar-refractivity contribution in [2.24, 2.45) is 5.73 Å². The predicted octanol–water partition coefficient (Wildman–Crippen LogP) is 3.49. The monoisotopic (exact) mass is 265 g/mol. The summed E-state index contributed by atoms with van der Waals surface area (Å²) < 4.78 is 2.15. The summed E-state index contributed by atoms with van der Waals surface area (Å²) in [5.74, 6) is 0.934. The highest BCUT2D eigenvalue weighted by atomic mass is 15.1. The van der Waals surface area contributed by atoms with Gasteiger partial charge in [-0.05, 0) is 22.8 Å². The second-order valence-electron chi connectivity index (χ2n) is 5.02. The van der Waals surface area contributed by atoms with Gasteiger partial charge in [0.15, 0.2) is 0 Å². The molecular weight excluding hydrogens is 246 g/mol. The standard InChI is InChI=1S/C17H19N3/c1-2-11-20-12-10-19-17(20)16(18)15-9-5-7-13-6-3-4-8-14(13)15/h3-10,12,16H,2,11,18H2,1H3. The molecule has 0 saturated carbocycles. The van der Waals surface area contributed by atoms with Crippen LogP contribution in [0, 0.1) is 0 Å². The largest absolute Gasteiger partial charge is 0.333 e. The molecule has 0 saturated heterocycles. The Bertz CT molecular complexity index is 710. The summed E-state index contributed by atoms with van der Waals surface area (Å²) in [6.07, 6.45) is 4.91. The molecule has 0 radical (unpaired) electrons. The zero-order valence-corrected chi connectivity index (χ0v) is 11.7. The molecule has 1 atom stereocenters. The molecule has 3 nitrogen and oxygen atoms in total. The summed E-state index contributed by atoms with van der Waals surface area (Å²) in [6.45, 7) is 3.11. The van der Waals surface area contributed by atoms with Crippen molar-refractivity contribution in [1.82, 2.24) is 9.55 Å². The zero-order chi connectivity index (χ0) is 13.9. The third-order valence-electron chi connectivity index (χ3n) is 3.65. The molecule has 102 valence electrons. The van der Waals surface area contributed by atoms with Crippen LogP contribution in [-0.4, -0.2) is 9.55 Å². The summed E-state index contributed by atoms with van der Waals surface area (Å²) in [7, 11) is 0. The third-order valence-corrected chi connectivity index (χ3v) is 3.65. The number of hydrogen-bond acceptors (Lipinski definition) is 2. The lowest BCUT2D eigenvalue weighted by atomic mass is 9.99.